The fourth-order valence-electron chi connectivity index (χ4n) is 3.32. The van der Waals surface area contributed by atoms with Crippen molar-refractivity contribution in [2.75, 3.05) is 6.54 Å². The second-order valence-corrected chi connectivity index (χ2v) is 6.05. The quantitative estimate of drug-likeness (QED) is 0.704. The van der Waals surface area contributed by atoms with Crippen LogP contribution in [0.4, 0.5) is 4.39 Å². The Balaban J connectivity index is 2.15. The van der Waals surface area contributed by atoms with E-state index in [1.165, 1.54) is 12.1 Å². The molecule has 2 heterocycles. The van der Waals surface area contributed by atoms with E-state index in [0.29, 0.717) is 46.4 Å². The number of para-hydroxylation sites is 1. The van der Waals surface area contributed by atoms with Gasteiger partial charge in [-0.1, -0.05) is 12.1 Å². The second-order valence-electron chi connectivity index (χ2n) is 5.64. The molecule has 0 fully saturated rings. The number of hydrogen-bond donors (Lipinski definition) is 2. The Morgan fingerprint density at radius 3 is 2.62 bits per heavy atom. The summed E-state index contributed by atoms with van der Waals surface area (Å²) in [5.74, 6) is -0.511. The minimum atomic E-state index is -0.379. The normalized spacial score (nSPS) is 13.7. The van der Waals surface area contributed by atoms with Gasteiger partial charge in [0.1, 0.15) is 5.82 Å². The summed E-state index contributed by atoms with van der Waals surface area (Å²) in [5, 5.41) is 3.16. The fourth-order valence-corrected chi connectivity index (χ4v) is 3.54. The van der Waals surface area contributed by atoms with Crippen molar-refractivity contribution in [3.05, 3.63) is 59.4 Å². The number of amides is 1. The molecule has 1 aliphatic heterocycles. The molecule has 0 atom stereocenters. The standard InChI is InChI=1S/C18H13FN2O2S/c19-11-6-4-10(5-7-11)15-14(18(23)24)12-2-1-3-13-16(12)21(15)9-8-20-17(13)22/h1-7H,8-9H2,(H,20,22)(H,23,24). The SMILES string of the molecule is O=C(S)c1c(-c2ccc(F)cc2)n2c3c(cccc13)C(=O)NCC2. The van der Waals surface area contributed by atoms with E-state index >= 15 is 0 Å². The maximum Gasteiger partial charge on any atom is 0.253 e. The zero-order valence-corrected chi connectivity index (χ0v) is 13.4. The molecule has 6 heteroatoms. The minimum Gasteiger partial charge on any atom is -0.350 e. The first-order valence-electron chi connectivity index (χ1n) is 7.50. The van der Waals surface area contributed by atoms with Crippen LogP contribution in [-0.2, 0) is 6.54 Å². The molecule has 4 rings (SSSR count). The Hall–Kier alpha value is -2.60. The lowest BCUT2D eigenvalue weighted by Crippen LogP contribution is -2.24. The second kappa shape index (κ2) is 5.49. The molecule has 3 aromatic rings. The highest BCUT2D eigenvalue weighted by Gasteiger charge is 2.27. The van der Waals surface area contributed by atoms with Crippen molar-refractivity contribution in [1.82, 2.24) is 9.88 Å². The van der Waals surface area contributed by atoms with Crippen LogP contribution in [0.25, 0.3) is 22.2 Å². The summed E-state index contributed by atoms with van der Waals surface area (Å²) in [6.45, 7) is 0.971. The van der Waals surface area contributed by atoms with E-state index in [1.54, 1.807) is 24.3 Å². The molecule has 120 valence electrons. The summed E-state index contributed by atoms with van der Waals surface area (Å²) in [4.78, 5) is 24.5. The summed E-state index contributed by atoms with van der Waals surface area (Å²) in [6.07, 6.45) is 0. The number of benzene rings is 2. The molecule has 24 heavy (non-hydrogen) atoms. The zero-order valence-electron chi connectivity index (χ0n) is 12.5. The number of hydrogen-bond acceptors (Lipinski definition) is 2. The predicted octanol–water partition coefficient (Wildman–Crippen LogP) is 3.26. The first-order valence-corrected chi connectivity index (χ1v) is 7.95. The highest BCUT2D eigenvalue weighted by molar-refractivity contribution is 7.97. The van der Waals surface area contributed by atoms with Gasteiger partial charge in [-0.05, 0) is 35.9 Å². The third-order valence-electron chi connectivity index (χ3n) is 4.28. The van der Waals surface area contributed by atoms with Crippen molar-refractivity contribution in [3.8, 4) is 11.3 Å². The monoisotopic (exact) mass is 340 g/mol. The third-order valence-corrected chi connectivity index (χ3v) is 4.50. The molecule has 0 radical (unpaired) electrons. The van der Waals surface area contributed by atoms with Crippen LogP contribution in [0.15, 0.2) is 42.5 Å². The van der Waals surface area contributed by atoms with Crippen LogP contribution in [-0.4, -0.2) is 22.1 Å². The van der Waals surface area contributed by atoms with Crippen molar-refractivity contribution >= 4 is 34.6 Å². The van der Waals surface area contributed by atoms with Gasteiger partial charge in [-0.15, -0.1) is 12.6 Å². The molecule has 0 aliphatic carbocycles. The highest BCUT2D eigenvalue weighted by atomic mass is 32.1. The van der Waals surface area contributed by atoms with Crippen molar-refractivity contribution in [3.63, 3.8) is 0 Å². The van der Waals surface area contributed by atoms with Gasteiger partial charge in [-0.2, -0.15) is 0 Å². The lowest BCUT2D eigenvalue weighted by atomic mass is 10.0. The third kappa shape index (κ3) is 2.14. The van der Waals surface area contributed by atoms with Crippen molar-refractivity contribution in [2.24, 2.45) is 0 Å². The molecule has 0 saturated carbocycles. The van der Waals surface area contributed by atoms with Gasteiger partial charge in [0.2, 0.25) is 5.12 Å². The summed E-state index contributed by atoms with van der Waals surface area (Å²) < 4.78 is 15.2. The number of nitrogens with one attached hydrogen (secondary N) is 1. The minimum absolute atomic E-state index is 0.166. The average molecular weight is 340 g/mol. The van der Waals surface area contributed by atoms with Crippen LogP contribution in [0.5, 0.6) is 0 Å². The molecular weight excluding hydrogens is 327 g/mol. The summed E-state index contributed by atoms with van der Waals surface area (Å²) in [6, 6.07) is 11.3. The smallest absolute Gasteiger partial charge is 0.253 e. The first-order chi connectivity index (χ1) is 11.6. The van der Waals surface area contributed by atoms with Crippen LogP contribution in [0.1, 0.15) is 20.7 Å². The Bertz CT molecular complexity index is 992. The van der Waals surface area contributed by atoms with E-state index in [0.717, 1.165) is 0 Å². The summed E-state index contributed by atoms with van der Waals surface area (Å²) >= 11 is 4.03. The number of thiol groups is 1. The number of rotatable bonds is 2. The van der Waals surface area contributed by atoms with Crippen LogP contribution in [0, 0.1) is 5.82 Å². The number of carbonyl (C=O) groups is 2. The van der Waals surface area contributed by atoms with E-state index in [1.807, 2.05) is 10.6 Å². The largest absolute Gasteiger partial charge is 0.350 e. The number of carbonyl (C=O) groups excluding carboxylic acids is 2. The summed E-state index contributed by atoms with van der Waals surface area (Å²) in [5.41, 5.74) is 3.05. The molecule has 0 unspecified atom stereocenters. The number of nitrogens with zero attached hydrogens (tertiary/aromatic N) is 1. The van der Waals surface area contributed by atoms with Crippen molar-refractivity contribution in [1.29, 1.82) is 0 Å². The molecule has 1 aromatic heterocycles. The highest BCUT2D eigenvalue weighted by Crippen LogP contribution is 2.37. The Morgan fingerprint density at radius 1 is 1.17 bits per heavy atom. The lowest BCUT2D eigenvalue weighted by molar-refractivity contribution is 0.0956. The maximum absolute atomic E-state index is 13.3. The van der Waals surface area contributed by atoms with E-state index in [9.17, 15) is 14.0 Å². The van der Waals surface area contributed by atoms with Crippen LogP contribution in [0.3, 0.4) is 0 Å². The van der Waals surface area contributed by atoms with Gasteiger partial charge in [0, 0.05) is 18.5 Å². The van der Waals surface area contributed by atoms with Crippen LogP contribution >= 0.6 is 12.6 Å². The Labute approximate surface area is 142 Å². The maximum atomic E-state index is 13.3. The van der Waals surface area contributed by atoms with Crippen molar-refractivity contribution in [2.45, 2.75) is 6.54 Å². The molecule has 2 aromatic carbocycles. The van der Waals surface area contributed by atoms with Gasteiger partial charge in [0.25, 0.3) is 5.91 Å². The Kier molecular flexibility index (Phi) is 3.42. The molecule has 0 spiro atoms. The molecule has 1 aliphatic rings. The molecule has 1 amide bonds. The van der Waals surface area contributed by atoms with Gasteiger partial charge in [0.15, 0.2) is 0 Å². The van der Waals surface area contributed by atoms with Crippen molar-refractivity contribution < 1.29 is 14.0 Å². The average Bonchev–Trinajstić information content (AvgIpc) is 2.80. The summed E-state index contributed by atoms with van der Waals surface area (Å²) in [7, 11) is 0. The van der Waals surface area contributed by atoms with E-state index in [2.05, 4.69) is 17.9 Å². The van der Waals surface area contributed by atoms with Gasteiger partial charge >= 0.3 is 0 Å². The van der Waals surface area contributed by atoms with Gasteiger partial charge < -0.3 is 9.88 Å². The predicted molar refractivity (Wildman–Crippen MR) is 93.0 cm³/mol. The molecular formula is C18H13FN2O2S. The van der Waals surface area contributed by atoms with Crippen LogP contribution < -0.4 is 5.32 Å². The van der Waals surface area contributed by atoms with Gasteiger partial charge in [0.05, 0.1) is 22.3 Å². The number of halogens is 1. The van der Waals surface area contributed by atoms with Gasteiger partial charge in [-0.25, -0.2) is 4.39 Å². The molecule has 0 saturated heterocycles. The zero-order chi connectivity index (χ0) is 16.8. The van der Waals surface area contributed by atoms with E-state index in [-0.39, 0.29) is 16.8 Å². The van der Waals surface area contributed by atoms with Gasteiger partial charge in [-0.3, -0.25) is 9.59 Å². The molecule has 1 N–H and O–H groups in total. The molecule has 0 bridgehead atoms. The lowest BCUT2D eigenvalue weighted by Gasteiger charge is -2.10. The van der Waals surface area contributed by atoms with E-state index < -0.39 is 0 Å². The topological polar surface area (TPSA) is 51.1 Å². The van der Waals surface area contributed by atoms with Crippen LogP contribution in [0.2, 0.25) is 0 Å². The first kappa shape index (κ1) is 15.0. The fraction of sp³-hybridized carbons (Fsp3) is 0.111. The van der Waals surface area contributed by atoms with E-state index in [4.69, 9.17) is 0 Å². The molecule has 4 nitrogen and oxygen atoms in total. The number of aromatic nitrogens is 1. The Morgan fingerprint density at radius 2 is 1.92 bits per heavy atom.